The molecule has 0 saturated heterocycles. The number of alkyl halides is 3. The van der Waals surface area contributed by atoms with Crippen LogP contribution < -0.4 is 0 Å². The molecule has 6 heteroatoms. The van der Waals surface area contributed by atoms with Crippen LogP contribution in [-0.2, 0) is 14.3 Å². The zero-order valence-corrected chi connectivity index (χ0v) is 13.6. The van der Waals surface area contributed by atoms with Crippen LogP contribution in [0.1, 0.15) is 13.8 Å². The third-order valence-electron chi connectivity index (χ3n) is 3.24. The summed E-state index contributed by atoms with van der Waals surface area (Å²) in [6.45, 7) is 4.17. The van der Waals surface area contributed by atoms with Crippen molar-refractivity contribution in [2.24, 2.45) is 17.3 Å². The summed E-state index contributed by atoms with van der Waals surface area (Å²) in [5, 5.41) is 0.291. The highest BCUT2D eigenvalue weighted by molar-refractivity contribution is 9.10. The molecule has 0 aromatic carbocycles. The molecular weight excluding hydrogens is 375 g/mol. The lowest BCUT2D eigenvalue weighted by molar-refractivity contribution is -0.145. The van der Waals surface area contributed by atoms with Gasteiger partial charge in [-0.3, -0.25) is 9.59 Å². The lowest BCUT2D eigenvalue weighted by Gasteiger charge is -2.07. The highest BCUT2D eigenvalue weighted by Crippen LogP contribution is 2.62. The summed E-state index contributed by atoms with van der Waals surface area (Å²) < 4.78 is 5.03. The van der Waals surface area contributed by atoms with E-state index < -0.39 is 0 Å². The number of ketones is 1. The molecule has 1 saturated carbocycles. The molecule has 0 bridgehead atoms. The number of carbonyl (C=O) groups is 2. The predicted octanol–water partition coefficient (Wildman–Crippen LogP) is 2.77. The maximum atomic E-state index is 11.8. The summed E-state index contributed by atoms with van der Waals surface area (Å²) in [4.78, 5) is 23.1. The van der Waals surface area contributed by atoms with Gasteiger partial charge in [-0.2, -0.15) is 0 Å². The second-order valence-electron chi connectivity index (χ2n) is 4.68. The van der Waals surface area contributed by atoms with Crippen LogP contribution in [0.15, 0.2) is 0 Å². The topological polar surface area (TPSA) is 43.4 Å². The minimum absolute atomic E-state index is 0.00428. The first-order valence-corrected chi connectivity index (χ1v) is 7.90. The van der Waals surface area contributed by atoms with Crippen molar-refractivity contribution in [3.63, 3.8) is 0 Å². The van der Waals surface area contributed by atoms with Gasteiger partial charge in [0.1, 0.15) is 6.61 Å². The van der Waals surface area contributed by atoms with Crippen molar-refractivity contribution in [3.05, 3.63) is 0 Å². The second-order valence-corrected chi connectivity index (χ2v) is 6.61. The number of Topliss-reactive ketones (excluding diaryl/α,β-unsaturated/α-hetero) is 1. The van der Waals surface area contributed by atoms with Gasteiger partial charge in [0.15, 0.2) is 5.78 Å². The van der Waals surface area contributed by atoms with Crippen molar-refractivity contribution < 1.29 is 14.3 Å². The highest BCUT2D eigenvalue weighted by Gasteiger charge is 2.65. The Morgan fingerprint density at radius 3 is 2.53 bits per heavy atom. The van der Waals surface area contributed by atoms with E-state index in [1.165, 1.54) is 0 Å². The van der Waals surface area contributed by atoms with Crippen molar-refractivity contribution in [2.45, 2.75) is 18.7 Å². The Balaban J connectivity index is 2.64. The molecule has 0 N–H and O–H groups in total. The van der Waals surface area contributed by atoms with E-state index >= 15 is 0 Å². The molecule has 0 aromatic rings. The zero-order chi connectivity index (χ0) is 13.2. The van der Waals surface area contributed by atoms with E-state index in [2.05, 4.69) is 31.9 Å². The average molecular weight is 390 g/mol. The molecule has 3 atom stereocenters. The smallest absolute Gasteiger partial charge is 0.309 e. The molecule has 0 aromatic heterocycles. The Bertz CT molecular complexity index is 320. The van der Waals surface area contributed by atoms with Gasteiger partial charge in [-0.1, -0.05) is 45.7 Å². The number of ether oxygens (including phenoxy) is 1. The standard InChI is InChI=1S/C11H15Br2ClO3/c1-11(2)7(9(13)6(15)5-12)8(11)10(16)17-4-3-14/h7-9H,3-5H2,1-2H3/t7-,8+,9?/m1/s1. The quantitative estimate of drug-likeness (QED) is 0.517. The van der Waals surface area contributed by atoms with E-state index in [0.29, 0.717) is 11.2 Å². The molecule has 1 fully saturated rings. The minimum Gasteiger partial charge on any atom is -0.464 e. The summed E-state index contributed by atoms with van der Waals surface area (Å²) in [6, 6.07) is 0. The molecule has 98 valence electrons. The number of esters is 1. The Morgan fingerprint density at radius 1 is 1.47 bits per heavy atom. The lowest BCUT2D eigenvalue weighted by atomic mass is 10.1. The Kier molecular flexibility index (Phi) is 5.47. The van der Waals surface area contributed by atoms with Crippen molar-refractivity contribution in [1.29, 1.82) is 0 Å². The molecule has 0 spiro atoms. The van der Waals surface area contributed by atoms with Gasteiger partial charge in [-0.05, 0) is 11.3 Å². The first kappa shape index (κ1) is 15.4. The molecule has 17 heavy (non-hydrogen) atoms. The molecule has 1 unspecified atom stereocenters. The molecule has 0 aliphatic heterocycles. The van der Waals surface area contributed by atoms with Gasteiger partial charge >= 0.3 is 5.97 Å². The maximum Gasteiger partial charge on any atom is 0.309 e. The van der Waals surface area contributed by atoms with Crippen LogP contribution in [0.2, 0.25) is 0 Å². The molecule has 1 aliphatic carbocycles. The number of hydrogen-bond acceptors (Lipinski definition) is 3. The van der Waals surface area contributed by atoms with Gasteiger partial charge in [0.25, 0.3) is 0 Å². The van der Waals surface area contributed by atoms with Crippen LogP contribution in [0.5, 0.6) is 0 Å². The number of hydrogen-bond donors (Lipinski definition) is 0. The monoisotopic (exact) mass is 388 g/mol. The number of carbonyl (C=O) groups excluding carboxylic acids is 2. The summed E-state index contributed by atoms with van der Waals surface area (Å²) in [5.74, 6) is -0.140. The van der Waals surface area contributed by atoms with E-state index in [9.17, 15) is 9.59 Å². The summed E-state index contributed by atoms with van der Waals surface area (Å²) in [7, 11) is 0. The number of halogens is 3. The predicted molar refractivity (Wildman–Crippen MR) is 74.0 cm³/mol. The van der Waals surface area contributed by atoms with Crippen molar-refractivity contribution in [3.8, 4) is 0 Å². The first-order chi connectivity index (χ1) is 7.87. The molecule has 1 aliphatic rings. The summed E-state index contributed by atoms with van der Waals surface area (Å²) in [5.41, 5.74) is -0.199. The van der Waals surface area contributed by atoms with Crippen LogP contribution in [0, 0.1) is 17.3 Å². The largest absolute Gasteiger partial charge is 0.464 e. The second kappa shape index (κ2) is 6.02. The van der Waals surface area contributed by atoms with Crippen molar-refractivity contribution in [1.82, 2.24) is 0 Å². The normalized spacial score (nSPS) is 27.4. The molecule has 3 nitrogen and oxygen atoms in total. The Labute approximate surface area is 123 Å². The van der Waals surface area contributed by atoms with E-state index in [-0.39, 0.29) is 40.4 Å². The Morgan fingerprint density at radius 2 is 2.06 bits per heavy atom. The van der Waals surface area contributed by atoms with Crippen LogP contribution in [0.4, 0.5) is 0 Å². The van der Waals surface area contributed by atoms with Gasteiger partial charge in [-0.15, -0.1) is 11.6 Å². The summed E-state index contributed by atoms with van der Waals surface area (Å²) in [6.07, 6.45) is 0. The van der Waals surface area contributed by atoms with Crippen molar-refractivity contribution in [2.75, 3.05) is 17.8 Å². The summed E-state index contributed by atoms with van der Waals surface area (Å²) >= 11 is 12.0. The van der Waals surface area contributed by atoms with Gasteiger partial charge in [0.05, 0.1) is 22.0 Å². The van der Waals surface area contributed by atoms with Crippen LogP contribution in [0.3, 0.4) is 0 Å². The fourth-order valence-corrected chi connectivity index (χ4v) is 4.19. The van der Waals surface area contributed by atoms with Gasteiger partial charge in [0.2, 0.25) is 0 Å². The molecule has 0 amide bonds. The number of rotatable bonds is 6. The fourth-order valence-electron chi connectivity index (χ4n) is 2.18. The zero-order valence-electron chi connectivity index (χ0n) is 9.71. The van der Waals surface area contributed by atoms with Gasteiger partial charge < -0.3 is 4.74 Å². The van der Waals surface area contributed by atoms with Gasteiger partial charge in [-0.25, -0.2) is 0 Å². The molecule has 1 rings (SSSR count). The van der Waals surface area contributed by atoms with E-state index in [1.807, 2.05) is 13.8 Å². The maximum absolute atomic E-state index is 11.8. The first-order valence-electron chi connectivity index (χ1n) is 5.33. The molecular formula is C11H15Br2ClO3. The van der Waals surface area contributed by atoms with E-state index in [0.717, 1.165) is 0 Å². The fraction of sp³-hybridized carbons (Fsp3) is 0.818. The Hall–Kier alpha value is 0.390. The van der Waals surface area contributed by atoms with Crippen LogP contribution in [-0.4, -0.2) is 34.4 Å². The molecule has 0 heterocycles. The third-order valence-corrected chi connectivity index (χ3v) is 5.03. The lowest BCUT2D eigenvalue weighted by Crippen LogP contribution is -2.21. The minimum atomic E-state index is -0.301. The highest BCUT2D eigenvalue weighted by atomic mass is 79.9. The average Bonchev–Trinajstić information content (AvgIpc) is 2.87. The SMILES string of the molecule is CC1(C)[C@H](C(=O)OCCCl)[C@@H]1C(Br)C(=O)CBr. The third kappa shape index (κ3) is 3.24. The van der Waals surface area contributed by atoms with Crippen LogP contribution in [0.25, 0.3) is 0 Å². The van der Waals surface area contributed by atoms with Gasteiger partial charge in [0, 0.05) is 0 Å². The van der Waals surface area contributed by atoms with Crippen molar-refractivity contribution >= 4 is 55.2 Å². The molecule has 0 radical (unpaired) electrons. The van der Waals surface area contributed by atoms with E-state index in [4.69, 9.17) is 16.3 Å². The van der Waals surface area contributed by atoms with E-state index in [1.54, 1.807) is 0 Å². The van der Waals surface area contributed by atoms with Crippen LogP contribution >= 0.6 is 43.5 Å².